The summed E-state index contributed by atoms with van der Waals surface area (Å²) in [6, 6.07) is 5.29. The van der Waals surface area contributed by atoms with Crippen LogP contribution >= 0.6 is 0 Å². The zero-order valence-electron chi connectivity index (χ0n) is 12.4. The lowest BCUT2D eigenvalue weighted by Gasteiger charge is -2.18. The quantitative estimate of drug-likeness (QED) is 0.905. The van der Waals surface area contributed by atoms with E-state index in [-0.39, 0.29) is 11.8 Å². The Labute approximate surface area is 130 Å². The standard InChI is InChI=1S/C15H17F3N4O/c16-15(17,18)9-22-5-4-10(8-22)6-19-14(23)11-2-1-3-13-12(11)7-20-21-13/h1-3,7,10H,4-6,8-9H2,(H,19,23)(H,20,21)/t10-/m1/s1. The molecule has 8 heteroatoms. The van der Waals surface area contributed by atoms with Crippen molar-refractivity contribution < 1.29 is 18.0 Å². The van der Waals surface area contributed by atoms with Gasteiger partial charge in [0.2, 0.25) is 0 Å². The van der Waals surface area contributed by atoms with Crippen LogP contribution in [0.2, 0.25) is 0 Å². The molecule has 1 atom stereocenters. The fourth-order valence-corrected chi connectivity index (χ4v) is 2.98. The molecule has 1 saturated heterocycles. The van der Waals surface area contributed by atoms with E-state index >= 15 is 0 Å². The van der Waals surface area contributed by atoms with Crippen LogP contribution in [0.15, 0.2) is 24.4 Å². The number of aromatic nitrogens is 2. The molecule has 1 amide bonds. The second kappa shape index (κ2) is 6.19. The van der Waals surface area contributed by atoms with Crippen LogP contribution in [0.1, 0.15) is 16.8 Å². The first-order valence-electron chi connectivity index (χ1n) is 7.42. The predicted octanol–water partition coefficient (Wildman–Crippen LogP) is 2.18. The number of nitrogens with zero attached hydrogens (tertiary/aromatic N) is 2. The largest absolute Gasteiger partial charge is 0.401 e. The summed E-state index contributed by atoms with van der Waals surface area (Å²) in [6.45, 7) is 0.264. The Bertz CT molecular complexity index is 697. The molecule has 0 radical (unpaired) electrons. The number of amides is 1. The lowest BCUT2D eigenvalue weighted by atomic mass is 10.1. The third kappa shape index (κ3) is 3.82. The highest BCUT2D eigenvalue weighted by Crippen LogP contribution is 2.22. The number of carbonyl (C=O) groups excluding carboxylic acids is 1. The Kier molecular flexibility index (Phi) is 4.25. The summed E-state index contributed by atoms with van der Waals surface area (Å²) in [6.07, 6.45) is -1.92. The van der Waals surface area contributed by atoms with Gasteiger partial charge in [-0.25, -0.2) is 0 Å². The average Bonchev–Trinajstić information content (AvgIpc) is 3.11. The molecule has 2 aromatic rings. The molecular formula is C15H17F3N4O. The molecule has 0 aliphatic carbocycles. The first kappa shape index (κ1) is 15.8. The van der Waals surface area contributed by atoms with Crippen LogP contribution in [0.5, 0.6) is 0 Å². The number of hydrogen-bond donors (Lipinski definition) is 2. The molecule has 0 bridgehead atoms. The molecule has 1 fully saturated rings. The van der Waals surface area contributed by atoms with Crippen LogP contribution in [-0.2, 0) is 0 Å². The van der Waals surface area contributed by atoms with Gasteiger partial charge < -0.3 is 5.32 Å². The molecule has 23 heavy (non-hydrogen) atoms. The number of rotatable bonds is 4. The van der Waals surface area contributed by atoms with Gasteiger partial charge in [-0.05, 0) is 31.0 Å². The summed E-state index contributed by atoms with van der Waals surface area (Å²) in [5.74, 6) is -0.184. The normalized spacial score (nSPS) is 19.3. The molecule has 0 spiro atoms. The van der Waals surface area contributed by atoms with Crippen LogP contribution < -0.4 is 5.32 Å². The van der Waals surface area contributed by atoms with Crippen LogP contribution in [0, 0.1) is 5.92 Å². The second-order valence-electron chi connectivity index (χ2n) is 5.85. The lowest BCUT2D eigenvalue weighted by molar-refractivity contribution is -0.143. The zero-order chi connectivity index (χ0) is 16.4. The molecule has 1 aromatic heterocycles. The van der Waals surface area contributed by atoms with Gasteiger partial charge in [0.05, 0.1) is 23.8 Å². The molecule has 0 unspecified atom stereocenters. The van der Waals surface area contributed by atoms with Gasteiger partial charge in [0.1, 0.15) is 0 Å². The molecule has 0 saturated carbocycles. The monoisotopic (exact) mass is 326 g/mol. The van der Waals surface area contributed by atoms with Gasteiger partial charge in [-0.15, -0.1) is 0 Å². The number of fused-ring (bicyclic) bond motifs is 1. The van der Waals surface area contributed by atoms with E-state index in [2.05, 4.69) is 15.5 Å². The number of H-pyrrole nitrogens is 1. The highest BCUT2D eigenvalue weighted by molar-refractivity contribution is 6.05. The number of hydrogen-bond acceptors (Lipinski definition) is 3. The molecule has 2 N–H and O–H groups in total. The Balaban J connectivity index is 1.55. The molecular weight excluding hydrogens is 309 g/mol. The fourth-order valence-electron chi connectivity index (χ4n) is 2.98. The van der Waals surface area contributed by atoms with Crippen molar-refractivity contribution in [3.63, 3.8) is 0 Å². The fraction of sp³-hybridized carbons (Fsp3) is 0.467. The average molecular weight is 326 g/mol. The Morgan fingerprint density at radius 1 is 1.43 bits per heavy atom. The molecule has 1 aliphatic heterocycles. The van der Waals surface area contributed by atoms with Crippen molar-refractivity contribution in [2.24, 2.45) is 5.92 Å². The number of aromatic amines is 1. The van der Waals surface area contributed by atoms with Gasteiger partial charge in [0, 0.05) is 18.5 Å². The first-order chi connectivity index (χ1) is 10.9. The lowest BCUT2D eigenvalue weighted by Crippen LogP contribution is -2.34. The summed E-state index contributed by atoms with van der Waals surface area (Å²) in [5, 5.41) is 10.3. The molecule has 2 heterocycles. The van der Waals surface area contributed by atoms with Gasteiger partial charge >= 0.3 is 6.18 Å². The summed E-state index contributed by atoms with van der Waals surface area (Å²) in [7, 11) is 0. The smallest absolute Gasteiger partial charge is 0.352 e. The molecule has 1 aliphatic rings. The SMILES string of the molecule is O=C(NC[C@H]1CCN(CC(F)(F)F)C1)c1cccc2[nH]ncc12. The number of nitrogens with one attached hydrogen (secondary N) is 2. The van der Waals surface area contributed by atoms with Crippen molar-refractivity contribution >= 4 is 16.8 Å². The van der Waals surface area contributed by atoms with E-state index in [4.69, 9.17) is 0 Å². The van der Waals surface area contributed by atoms with Crippen LogP contribution in [-0.4, -0.2) is 53.4 Å². The maximum absolute atomic E-state index is 12.4. The highest BCUT2D eigenvalue weighted by Gasteiger charge is 2.34. The van der Waals surface area contributed by atoms with Crippen molar-refractivity contribution in [1.29, 1.82) is 0 Å². The number of carbonyl (C=O) groups is 1. The second-order valence-corrected chi connectivity index (χ2v) is 5.85. The maximum atomic E-state index is 12.4. The summed E-state index contributed by atoms with van der Waals surface area (Å²) >= 11 is 0. The first-order valence-corrected chi connectivity index (χ1v) is 7.42. The minimum Gasteiger partial charge on any atom is -0.352 e. The third-order valence-electron chi connectivity index (χ3n) is 4.05. The van der Waals surface area contributed by atoms with Crippen molar-refractivity contribution in [3.8, 4) is 0 Å². The number of halogens is 3. The highest BCUT2D eigenvalue weighted by atomic mass is 19.4. The van der Waals surface area contributed by atoms with Gasteiger partial charge in [-0.1, -0.05) is 6.07 Å². The van der Waals surface area contributed by atoms with E-state index in [0.717, 1.165) is 10.9 Å². The predicted molar refractivity (Wildman–Crippen MR) is 79.0 cm³/mol. The van der Waals surface area contributed by atoms with E-state index in [0.29, 0.717) is 31.6 Å². The maximum Gasteiger partial charge on any atom is 0.401 e. The van der Waals surface area contributed by atoms with E-state index < -0.39 is 12.7 Å². The van der Waals surface area contributed by atoms with Gasteiger partial charge in [0.15, 0.2) is 0 Å². The number of benzene rings is 1. The Morgan fingerprint density at radius 2 is 2.26 bits per heavy atom. The zero-order valence-corrected chi connectivity index (χ0v) is 12.4. The van der Waals surface area contributed by atoms with Crippen LogP contribution in [0.4, 0.5) is 13.2 Å². The topological polar surface area (TPSA) is 61.0 Å². The molecule has 124 valence electrons. The van der Waals surface area contributed by atoms with Crippen LogP contribution in [0.25, 0.3) is 10.9 Å². The third-order valence-corrected chi connectivity index (χ3v) is 4.05. The van der Waals surface area contributed by atoms with E-state index in [1.807, 2.05) is 6.07 Å². The number of likely N-dealkylation sites (tertiary alicyclic amines) is 1. The van der Waals surface area contributed by atoms with Crippen molar-refractivity contribution in [2.75, 3.05) is 26.2 Å². The number of alkyl halides is 3. The van der Waals surface area contributed by atoms with Crippen LogP contribution in [0.3, 0.4) is 0 Å². The molecule has 5 nitrogen and oxygen atoms in total. The van der Waals surface area contributed by atoms with Crippen molar-refractivity contribution in [2.45, 2.75) is 12.6 Å². The summed E-state index contributed by atoms with van der Waals surface area (Å²) in [5.41, 5.74) is 1.29. The Morgan fingerprint density at radius 3 is 3.04 bits per heavy atom. The molecule has 1 aromatic carbocycles. The van der Waals surface area contributed by atoms with E-state index in [1.54, 1.807) is 18.3 Å². The van der Waals surface area contributed by atoms with Gasteiger partial charge in [-0.3, -0.25) is 14.8 Å². The van der Waals surface area contributed by atoms with Crippen molar-refractivity contribution in [3.05, 3.63) is 30.0 Å². The van der Waals surface area contributed by atoms with E-state index in [9.17, 15) is 18.0 Å². The minimum atomic E-state index is -4.17. The summed E-state index contributed by atoms with van der Waals surface area (Å²) < 4.78 is 37.1. The van der Waals surface area contributed by atoms with E-state index in [1.165, 1.54) is 4.90 Å². The minimum absolute atomic E-state index is 0.0462. The summed E-state index contributed by atoms with van der Waals surface area (Å²) in [4.78, 5) is 13.7. The van der Waals surface area contributed by atoms with Crippen molar-refractivity contribution in [1.82, 2.24) is 20.4 Å². The van der Waals surface area contributed by atoms with Gasteiger partial charge in [-0.2, -0.15) is 18.3 Å². The Hall–Kier alpha value is -2.09. The molecule has 3 rings (SSSR count). The van der Waals surface area contributed by atoms with Gasteiger partial charge in [0.25, 0.3) is 5.91 Å².